The molecule has 1 unspecified atom stereocenters. The highest BCUT2D eigenvalue weighted by Crippen LogP contribution is 2.01. The molecule has 0 aromatic carbocycles. The Morgan fingerprint density at radius 1 is 1.80 bits per heavy atom. The summed E-state index contributed by atoms with van der Waals surface area (Å²) in [4.78, 5) is 0. The Bertz CT molecular complexity index is 87.7. The summed E-state index contributed by atoms with van der Waals surface area (Å²) in [7, 11) is 1.83. The molecule has 10 heavy (non-hydrogen) atoms. The van der Waals surface area contributed by atoms with Gasteiger partial charge in [-0.2, -0.15) is 11.8 Å². The van der Waals surface area contributed by atoms with Gasteiger partial charge in [-0.15, -0.1) is 6.58 Å². The van der Waals surface area contributed by atoms with Crippen molar-refractivity contribution < 1.29 is 5.11 Å². The molecule has 0 aliphatic rings. The third kappa shape index (κ3) is 6.13. The number of aliphatic hydroxyl groups is 1. The molecular weight excluding hydrogens is 146 g/mol. The Hall–Kier alpha value is 0.01000. The first kappa shape index (κ1) is 10.0. The second kappa shape index (κ2) is 7.12. The van der Waals surface area contributed by atoms with Crippen molar-refractivity contribution in [1.29, 1.82) is 0 Å². The summed E-state index contributed by atoms with van der Waals surface area (Å²) in [5.41, 5.74) is 0. The number of hydrogen-bond acceptors (Lipinski definition) is 3. The zero-order chi connectivity index (χ0) is 7.82. The van der Waals surface area contributed by atoms with Crippen molar-refractivity contribution in [2.75, 3.05) is 25.1 Å². The average molecular weight is 161 g/mol. The Morgan fingerprint density at radius 2 is 2.50 bits per heavy atom. The van der Waals surface area contributed by atoms with Crippen LogP contribution in [0.15, 0.2) is 12.7 Å². The largest absolute Gasteiger partial charge is 0.391 e. The smallest absolute Gasteiger partial charge is 0.0754 e. The highest BCUT2D eigenvalue weighted by atomic mass is 32.2. The molecule has 0 saturated carbocycles. The van der Waals surface area contributed by atoms with E-state index in [4.69, 9.17) is 5.11 Å². The minimum absolute atomic E-state index is 0.227. The molecule has 2 N–H and O–H groups in total. The summed E-state index contributed by atoms with van der Waals surface area (Å²) in [5, 5.41) is 12.1. The Labute approximate surface area is 66.7 Å². The van der Waals surface area contributed by atoms with Crippen LogP contribution >= 0.6 is 11.8 Å². The van der Waals surface area contributed by atoms with Crippen LogP contribution in [0.4, 0.5) is 0 Å². The lowest BCUT2D eigenvalue weighted by atomic mass is 10.4. The summed E-state index contributed by atoms with van der Waals surface area (Å²) in [6, 6.07) is 0. The lowest BCUT2D eigenvalue weighted by Gasteiger charge is -2.07. The highest BCUT2D eigenvalue weighted by Gasteiger charge is 1.99. The molecular formula is C7H15NOS. The molecule has 0 aromatic heterocycles. The van der Waals surface area contributed by atoms with E-state index in [1.54, 1.807) is 11.8 Å². The van der Waals surface area contributed by atoms with Crippen molar-refractivity contribution in [1.82, 2.24) is 5.32 Å². The fourth-order valence-electron chi connectivity index (χ4n) is 0.582. The lowest BCUT2D eigenvalue weighted by Crippen LogP contribution is -2.25. The Morgan fingerprint density at radius 3 is 3.00 bits per heavy atom. The second-order valence-corrected chi connectivity index (χ2v) is 3.11. The van der Waals surface area contributed by atoms with Crippen molar-refractivity contribution >= 4 is 11.8 Å². The summed E-state index contributed by atoms with van der Waals surface area (Å²) in [6.45, 7) is 4.26. The summed E-state index contributed by atoms with van der Waals surface area (Å²) in [5.74, 6) is 1.70. The lowest BCUT2D eigenvalue weighted by molar-refractivity contribution is 0.199. The zero-order valence-electron chi connectivity index (χ0n) is 6.34. The fraction of sp³-hybridized carbons (Fsp3) is 0.714. The van der Waals surface area contributed by atoms with Crippen molar-refractivity contribution in [2.45, 2.75) is 6.10 Å². The van der Waals surface area contributed by atoms with Crippen LogP contribution < -0.4 is 5.32 Å². The van der Waals surface area contributed by atoms with Crippen LogP contribution in [-0.4, -0.2) is 36.3 Å². The van der Waals surface area contributed by atoms with E-state index in [2.05, 4.69) is 11.9 Å². The van der Waals surface area contributed by atoms with E-state index >= 15 is 0 Å². The molecule has 0 fully saturated rings. The minimum atomic E-state index is -0.227. The van der Waals surface area contributed by atoms with E-state index in [1.165, 1.54) is 0 Å². The molecule has 0 heterocycles. The molecule has 0 spiro atoms. The number of aliphatic hydroxyl groups excluding tert-OH is 1. The standard InChI is InChI=1S/C7H15NOS/c1-3-4-10-6-7(9)5-8-2/h3,7-9H,1,4-6H2,2H3. The van der Waals surface area contributed by atoms with Crippen LogP contribution in [0.3, 0.4) is 0 Å². The summed E-state index contributed by atoms with van der Waals surface area (Å²) >= 11 is 1.69. The van der Waals surface area contributed by atoms with Gasteiger partial charge in [-0.05, 0) is 7.05 Å². The van der Waals surface area contributed by atoms with Gasteiger partial charge in [-0.1, -0.05) is 6.08 Å². The van der Waals surface area contributed by atoms with Gasteiger partial charge in [0.25, 0.3) is 0 Å². The van der Waals surface area contributed by atoms with Crippen LogP contribution in [0.2, 0.25) is 0 Å². The summed E-state index contributed by atoms with van der Waals surface area (Å²) < 4.78 is 0. The van der Waals surface area contributed by atoms with Gasteiger partial charge in [0.05, 0.1) is 6.10 Å². The van der Waals surface area contributed by atoms with Crippen LogP contribution in [0.1, 0.15) is 0 Å². The van der Waals surface area contributed by atoms with Crippen molar-refractivity contribution in [2.24, 2.45) is 0 Å². The van der Waals surface area contributed by atoms with Crippen LogP contribution in [0, 0.1) is 0 Å². The normalized spacial score (nSPS) is 13.0. The van der Waals surface area contributed by atoms with Gasteiger partial charge in [0.15, 0.2) is 0 Å². The quantitative estimate of drug-likeness (QED) is 0.439. The second-order valence-electron chi connectivity index (χ2n) is 2.04. The molecule has 1 atom stereocenters. The van der Waals surface area contributed by atoms with Crippen molar-refractivity contribution in [3.05, 3.63) is 12.7 Å². The van der Waals surface area contributed by atoms with Crippen molar-refractivity contribution in [3.8, 4) is 0 Å². The number of nitrogens with one attached hydrogen (secondary N) is 1. The molecule has 0 rings (SSSR count). The van der Waals surface area contributed by atoms with E-state index in [1.807, 2.05) is 13.1 Å². The van der Waals surface area contributed by atoms with Gasteiger partial charge in [-0.25, -0.2) is 0 Å². The molecule has 0 bridgehead atoms. The average Bonchev–Trinajstić information content (AvgIpc) is 1.89. The third-order valence-corrected chi connectivity index (χ3v) is 2.08. The van der Waals surface area contributed by atoms with Gasteiger partial charge in [0.1, 0.15) is 0 Å². The highest BCUT2D eigenvalue weighted by molar-refractivity contribution is 7.99. The van der Waals surface area contributed by atoms with Gasteiger partial charge >= 0.3 is 0 Å². The molecule has 0 aliphatic carbocycles. The predicted molar refractivity (Wildman–Crippen MR) is 47.5 cm³/mol. The fourth-order valence-corrected chi connectivity index (χ4v) is 1.27. The number of likely N-dealkylation sites (N-methyl/N-ethyl adjacent to an activating group) is 1. The minimum Gasteiger partial charge on any atom is -0.391 e. The zero-order valence-corrected chi connectivity index (χ0v) is 7.16. The maximum atomic E-state index is 9.16. The molecule has 0 aliphatic heterocycles. The van der Waals surface area contributed by atoms with Crippen LogP contribution in [-0.2, 0) is 0 Å². The van der Waals surface area contributed by atoms with Crippen LogP contribution in [0.25, 0.3) is 0 Å². The van der Waals surface area contributed by atoms with E-state index in [0.29, 0.717) is 6.54 Å². The topological polar surface area (TPSA) is 32.3 Å². The summed E-state index contributed by atoms with van der Waals surface area (Å²) in [6.07, 6.45) is 1.62. The van der Waals surface area contributed by atoms with E-state index in [9.17, 15) is 0 Å². The molecule has 0 amide bonds. The predicted octanol–water partition coefficient (Wildman–Crippen LogP) is 0.486. The van der Waals surface area contributed by atoms with Gasteiger partial charge in [0, 0.05) is 18.1 Å². The van der Waals surface area contributed by atoms with Crippen LogP contribution in [0.5, 0.6) is 0 Å². The van der Waals surface area contributed by atoms with Crippen molar-refractivity contribution in [3.63, 3.8) is 0 Å². The number of thioether (sulfide) groups is 1. The number of rotatable bonds is 6. The van der Waals surface area contributed by atoms with Gasteiger partial charge < -0.3 is 10.4 Å². The Balaban J connectivity index is 3.04. The first-order valence-corrected chi connectivity index (χ1v) is 4.48. The molecule has 0 aromatic rings. The molecule has 3 heteroatoms. The molecule has 60 valence electrons. The molecule has 2 nitrogen and oxygen atoms in total. The van der Waals surface area contributed by atoms with Gasteiger partial charge in [0.2, 0.25) is 0 Å². The first-order chi connectivity index (χ1) is 4.81. The molecule has 0 radical (unpaired) electrons. The number of hydrogen-bond donors (Lipinski definition) is 2. The monoisotopic (exact) mass is 161 g/mol. The SMILES string of the molecule is C=CCSCC(O)CNC. The van der Waals surface area contributed by atoms with E-state index in [-0.39, 0.29) is 6.10 Å². The van der Waals surface area contributed by atoms with Gasteiger partial charge in [-0.3, -0.25) is 0 Å². The maximum Gasteiger partial charge on any atom is 0.0754 e. The third-order valence-electron chi connectivity index (χ3n) is 0.986. The molecule has 0 saturated heterocycles. The maximum absolute atomic E-state index is 9.16. The van der Waals surface area contributed by atoms with E-state index < -0.39 is 0 Å². The van der Waals surface area contributed by atoms with E-state index in [0.717, 1.165) is 11.5 Å². The Kier molecular flexibility index (Phi) is 7.13. The first-order valence-electron chi connectivity index (χ1n) is 3.32.